The smallest absolute Gasteiger partial charge is 0.417 e. The number of benzene rings is 1. The summed E-state index contributed by atoms with van der Waals surface area (Å²) < 4.78 is 44.4. The lowest BCUT2D eigenvalue weighted by Gasteiger charge is -2.23. The molecule has 0 atom stereocenters. The standard InChI is InChI=1S/C21H18F3N5O/c22-21(23,24)14-6-7-17(25-12-14)28-8-3-9-29(11-10-28)20-19-18(26-13-27-20)15-4-1-2-5-16(15)30-19/h1-2,4-7,12-13H,3,8-11H2. The van der Waals surface area contributed by atoms with E-state index in [4.69, 9.17) is 4.42 Å². The lowest BCUT2D eigenvalue weighted by molar-refractivity contribution is -0.137. The summed E-state index contributed by atoms with van der Waals surface area (Å²) >= 11 is 0. The Morgan fingerprint density at radius 2 is 1.67 bits per heavy atom. The van der Waals surface area contributed by atoms with Crippen molar-refractivity contribution in [3.8, 4) is 0 Å². The summed E-state index contributed by atoms with van der Waals surface area (Å²) in [6, 6.07) is 10.2. The number of aromatic nitrogens is 3. The van der Waals surface area contributed by atoms with Crippen LogP contribution in [0.3, 0.4) is 0 Å². The van der Waals surface area contributed by atoms with Crippen LogP contribution in [0.25, 0.3) is 22.1 Å². The van der Waals surface area contributed by atoms with Gasteiger partial charge in [0, 0.05) is 37.8 Å². The lowest BCUT2D eigenvalue weighted by atomic mass is 10.2. The van der Waals surface area contributed by atoms with E-state index in [1.165, 1.54) is 6.07 Å². The van der Waals surface area contributed by atoms with Crippen LogP contribution < -0.4 is 9.80 Å². The Morgan fingerprint density at radius 1 is 0.867 bits per heavy atom. The molecule has 0 saturated carbocycles. The predicted molar refractivity (Wildman–Crippen MR) is 108 cm³/mol. The van der Waals surface area contributed by atoms with Crippen molar-refractivity contribution in [2.45, 2.75) is 12.6 Å². The molecule has 4 aromatic rings. The number of halogens is 3. The Balaban J connectivity index is 1.40. The van der Waals surface area contributed by atoms with E-state index in [1.807, 2.05) is 29.2 Å². The van der Waals surface area contributed by atoms with Crippen LogP contribution in [0.2, 0.25) is 0 Å². The van der Waals surface area contributed by atoms with Crippen molar-refractivity contribution < 1.29 is 17.6 Å². The minimum Gasteiger partial charge on any atom is -0.450 e. The van der Waals surface area contributed by atoms with E-state index in [0.717, 1.165) is 47.5 Å². The average Bonchev–Trinajstić information content (AvgIpc) is 2.95. The molecule has 6 nitrogen and oxygen atoms in total. The summed E-state index contributed by atoms with van der Waals surface area (Å²) in [5.41, 5.74) is 1.46. The molecular weight excluding hydrogens is 395 g/mol. The number of hydrogen-bond acceptors (Lipinski definition) is 6. The molecule has 0 amide bonds. The largest absolute Gasteiger partial charge is 0.450 e. The highest BCUT2D eigenvalue weighted by Gasteiger charge is 2.31. The topological polar surface area (TPSA) is 58.3 Å². The summed E-state index contributed by atoms with van der Waals surface area (Å²) in [6.07, 6.45) is -1.14. The molecule has 154 valence electrons. The molecule has 4 heterocycles. The lowest BCUT2D eigenvalue weighted by Crippen LogP contribution is -2.31. The molecule has 0 aliphatic carbocycles. The third-order valence-corrected chi connectivity index (χ3v) is 5.33. The number of nitrogens with zero attached hydrogens (tertiary/aromatic N) is 5. The molecule has 1 fully saturated rings. The number of para-hydroxylation sites is 1. The fraction of sp³-hybridized carbons (Fsp3) is 0.286. The van der Waals surface area contributed by atoms with Crippen molar-refractivity contribution in [2.75, 3.05) is 36.0 Å². The van der Waals surface area contributed by atoms with Crippen LogP contribution in [-0.4, -0.2) is 41.1 Å². The van der Waals surface area contributed by atoms with E-state index in [2.05, 4.69) is 19.9 Å². The Hall–Kier alpha value is -3.36. The molecule has 30 heavy (non-hydrogen) atoms. The van der Waals surface area contributed by atoms with Gasteiger partial charge in [0.25, 0.3) is 0 Å². The van der Waals surface area contributed by atoms with Gasteiger partial charge in [-0.2, -0.15) is 13.2 Å². The third-order valence-electron chi connectivity index (χ3n) is 5.33. The molecule has 0 bridgehead atoms. The molecule has 1 aliphatic rings. The van der Waals surface area contributed by atoms with Gasteiger partial charge < -0.3 is 14.2 Å². The summed E-state index contributed by atoms with van der Waals surface area (Å²) in [5.74, 6) is 1.28. The van der Waals surface area contributed by atoms with Gasteiger partial charge >= 0.3 is 6.18 Å². The van der Waals surface area contributed by atoms with Crippen LogP contribution >= 0.6 is 0 Å². The van der Waals surface area contributed by atoms with E-state index in [-0.39, 0.29) is 0 Å². The Bertz CT molecular complexity index is 1190. The number of alkyl halides is 3. The molecule has 0 unspecified atom stereocenters. The maximum absolute atomic E-state index is 12.8. The molecule has 1 aromatic carbocycles. The van der Waals surface area contributed by atoms with Gasteiger partial charge in [-0.25, -0.2) is 15.0 Å². The summed E-state index contributed by atoms with van der Waals surface area (Å²) in [4.78, 5) is 17.0. The fourth-order valence-corrected chi connectivity index (χ4v) is 3.84. The van der Waals surface area contributed by atoms with E-state index < -0.39 is 11.7 Å². The van der Waals surface area contributed by atoms with Crippen LogP contribution in [0, 0.1) is 0 Å². The van der Waals surface area contributed by atoms with Gasteiger partial charge in [-0.1, -0.05) is 12.1 Å². The average molecular weight is 413 g/mol. The highest BCUT2D eigenvalue weighted by molar-refractivity contribution is 6.05. The Labute approximate surface area is 170 Å². The number of hydrogen-bond donors (Lipinski definition) is 0. The molecule has 0 N–H and O–H groups in total. The predicted octanol–water partition coefficient (Wildman–Crippen LogP) is 4.51. The van der Waals surface area contributed by atoms with Crippen LogP contribution in [0.4, 0.5) is 24.8 Å². The second kappa shape index (κ2) is 7.16. The molecule has 5 rings (SSSR count). The van der Waals surface area contributed by atoms with Crippen molar-refractivity contribution in [2.24, 2.45) is 0 Å². The zero-order valence-corrected chi connectivity index (χ0v) is 15.9. The minimum atomic E-state index is -4.38. The Kier molecular flexibility index (Phi) is 4.45. The van der Waals surface area contributed by atoms with E-state index in [1.54, 1.807) is 6.33 Å². The van der Waals surface area contributed by atoms with Crippen molar-refractivity contribution in [1.29, 1.82) is 0 Å². The van der Waals surface area contributed by atoms with E-state index >= 15 is 0 Å². The number of pyridine rings is 1. The highest BCUT2D eigenvalue weighted by Crippen LogP contribution is 2.33. The van der Waals surface area contributed by atoms with Gasteiger partial charge in [-0.15, -0.1) is 0 Å². The van der Waals surface area contributed by atoms with Crippen LogP contribution in [0.15, 0.2) is 53.3 Å². The van der Waals surface area contributed by atoms with Crippen LogP contribution in [0.1, 0.15) is 12.0 Å². The first-order chi connectivity index (χ1) is 14.5. The maximum Gasteiger partial charge on any atom is 0.417 e. The van der Waals surface area contributed by atoms with E-state index in [0.29, 0.717) is 31.0 Å². The maximum atomic E-state index is 12.8. The summed E-state index contributed by atoms with van der Waals surface area (Å²) in [7, 11) is 0. The van der Waals surface area contributed by atoms with Gasteiger partial charge in [-0.3, -0.25) is 0 Å². The quantitative estimate of drug-likeness (QED) is 0.482. The van der Waals surface area contributed by atoms with Crippen molar-refractivity contribution in [3.63, 3.8) is 0 Å². The van der Waals surface area contributed by atoms with Crippen molar-refractivity contribution in [1.82, 2.24) is 15.0 Å². The first-order valence-corrected chi connectivity index (χ1v) is 9.66. The number of anilines is 2. The number of fused-ring (bicyclic) bond motifs is 3. The molecule has 0 spiro atoms. The third kappa shape index (κ3) is 3.30. The molecular formula is C21H18F3N5O. The molecule has 3 aromatic heterocycles. The molecule has 1 saturated heterocycles. The molecule has 9 heteroatoms. The minimum absolute atomic E-state index is 0.543. The Morgan fingerprint density at radius 3 is 2.47 bits per heavy atom. The number of furan rings is 1. The van der Waals surface area contributed by atoms with Gasteiger partial charge in [-0.05, 0) is 30.7 Å². The normalized spacial score (nSPS) is 15.7. The second-order valence-electron chi connectivity index (χ2n) is 7.20. The summed E-state index contributed by atoms with van der Waals surface area (Å²) in [6.45, 7) is 2.71. The first kappa shape index (κ1) is 18.7. The van der Waals surface area contributed by atoms with E-state index in [9.17, 15) is 13.2 Å². The molecule has 0 radical (unpaired) electrons. The highest BCUT2D eigenvalue weighted by atomic mass is 19.4. The monoisotopic (exact) mass is 413 g/mol. The second-order valence-corrected chi connectivity index (χ2v) is 7.20. The van der Waals surface area contributed by atoms with Gasteiger partial charge in [0.05, 0.1) is 5.56 Å². The molecule has 1 aliphatic heterocycles. The van der Waals surface area contributed by atoms with Gasteiger partial charge in [0.1, 0.15) is 23.2 Å². The van der Waals surface area contributed by atoms with Gasteiger partial charge in [0.2, 0.25) is 0 Å². The van der Waals surface area contributed by atoms with Gasteiger partial charge in [0.15, 0.2) is 11.4 Å². The zero-order valence-electron chi connectivity index (χ0n) is 15.9. The SMILES string of the molecule is FC(F)(F)c1ccc(N2CCCN(c3ncnc4c3oc3ccccc34)CC2)nc1. The first-order valence-electron chi connectivity index (χ1n) is 9.66. The van der Waals surface area contributed by atoms with Crippen molar-refractivity contribution >= 4 is 33.7 Å². The van der Waals surface area contributed by atoms with Crippen LogP contribution in [0.5, 0.6) is 0 Å². The fourth-order valence-electron chi connectivity index (χ4n) is 3.84. The number of rotatable bonds is 2. The zero-order chi connectivity index (χ0) is 20.7. The summed E-state index contributed by atoms with van der Waals surface area (Å²) in [5, 5.41) is 0.946. The van der Waals surface area contributed by atoms with Crippen LogP contribution in [-0.2, 0) is 6.18 Å². The van der Waals surface area contributed by atoms with Crippen molar-refractivity contribution in [3.05, 3.63) is 54.5 Å².